The lowest BCUT2D eigenvalue weighted by atomic mass is 10.00. The van der Waals surface area contributed by atoms with E-state index in [4.69, 9.17) is 19.3 Å². The van der Waals surface area contributed by atoms with Crippen molar-refractivity contribution in [1.82, 2.24) is 0 Å². The van der Waals surface area contributed by atoms with Gasteiger partial charge in [-0.05, 0) is 43.0 Å². The predicted octanol–water partition coefficient (Wildman–Crippen LogP) is 2.10. The number of hydrogen-bond donors (Lipinski definition) is 1. The van der Waals surface area contributed by atoms with Crippen LogP contribution in [0.3, 0.4) is 0 Å². The zero-order valence-electron chi connectivity index (χ0n) is 11.4. The molecule has 1 N–H and O–H groups in total. The third-order valence-electron chi connectivity index (χ3n) is 3.19. The number of ether oxygens (including phenoxy) is 3. The Labute approximate surface area is 114 Å². The van der Waals surface area contributed by atoms with Crippen LogP contribution in [-0.4, -0.2) is 38.1 Å². The fraction of sp³-hybridized carbons (Fsp3) is 0.600. The van der Waals surface area contributed by atoms with E-state index in [-0.39, 0.29) is 12.7 Å². The van der Waals surface area contributed by atoms with Crippen molar-refractivity contribution in [2.24, 2.45) is 0 Å². The summed E-state index contributed by atoms with van der Waals surface area (Å²) in [6.45, 7) is 4.29. The summed E-state index contributed by atoms with van der Waals surface area (Å²) in [5.74, 6) is 0.915. The van der Waals surface area contributed by atoms with Crippen LogP contribution in [0.25, 0.3) is 0 Å². The first kappa shape index (κ1) is 14.3. The molecule has 0 fully saturated rings. The Morgan fingerprint density at radius 2 is 2.32 bits per heavy atom. The van der Waals surface area contributed by atoms with E-state index >= 15 is 0 Å². The van der Waals surface area contributed by atoms with Crippen molar-refractivity contribution in [3.8, 4) is 5.75 Å². The number of rotatable bonds is 6. The first-order valence-corrected chi connectivity index (χ1v) is 6.91. The van der Waals surface area contributed by atoms with Crippen LogP contribution in [0.2, 0.25) is 0 Å². The standard InChI is InChI=1S/C15H22O4/c1-2-18-13-5-6-14-12(10-13)4-3-8-19-15(14)11-17-9-7-16/h5-6,10,15-16H,2-4,7-9,11H2,1H3. The molecule has 0 radical (unpaired) electrons. The van der Waals surface area contributed by atoms with Crippen LogP contribution in [0.4, 0.5) is 0 Å². The molecule has 4 nitrogen and oxygen atoms in total. The largest absolute Gasteiger partial charge is 0.494 e. The summed E-state index contributed by atoms with van der Waals surface area (Å²) in [7, 11) is 0. The first-order valence-electron chi connectivity index (χ1n) is 6.91. The maximum atomic E-state index is 8.76. The summed E-state index contributed by atoms with van der Waals surface area (Å²) in [4.78, 5) is 0. The SMILES string of the molecule is CCOc1ccc2c(c1)CCCOC2COCCO. The van der Waals surface area contributed by atoms with Crippen molar-refractivity contribution >= 4 is 0 Å². The predicted molar refractivity (Wildman–Crippen MR) is 72.5 cm³/mol. The highest BCUT2D eigenvalue weighted by Crippen LogP contribution is 2.29. The van der Waals surface area contributed by atoms with Gasteiger partial charge in [-0.2, -0.15) is 0 Å². The summed E-state index contributed by atoms with van der Waals surface area (Å²) >= 11 is 0. The van der Waals surface area contributed by atoms with Crippen molar-refractivity contribution in [2.45, 2.75) is 25.9 Å². The topological polar surface area (TPSA) is 47.9 Å². The van der Waals surface area contributed by atoms with Crippen molar-refractivity contribution in [3.05, 3.63) is 29.3 Å². The molecule has 0 saturated carbocycles. The van der Waals surface area contributed by atoms with E-state index in [2.05, 4.69) is 12.1 Å². The Balaban J connectivity index is 2.12. The molecule has 1 aliphatic heterocycles. The first-order chi connectivity index (χ1) is 9.35. The lowest BCUT2D eigenvalue weighted by Crippen LogP contribution is -2.13. The smallest absolute Gasteiger partial charge is 0.119 e. The molecular formula is C15H22O4. The zero-order valence-corrected chi connectivity index (χ0v) is 11.4. The number of aryl methyl sites for hydroxylation is 1. The van der Waals surface area contributed by atoms with Gasteiger partial charge in [0.1, 0.15) is 11.9 Å². The molecule has 4 heteroatoms. The van der Waals surface area contributed by atoms with Gasteiger partial charge in [0, 0.05) is 6.61 Å². The number of fused-ring (bicyclic) bond motifs is 1. The molecule has 1 atom stereocenters. The van der Waals surface area contributed by atoms with Gasteiger partial charge >= 0.3 is 0 Å². The molecule has 0 saturated heterocycles. The van der Waals surface area contributed by atoms with E-state index in [0.29, 0.717) is 19.8 Å². The third kappa shape index (κ3) is 3.93. The highest BCUT2D eigenvalue weighted by atomic mass is 16.5. The molecule has 1 aromatic carbocycles. The Kier molecular flexibility index (Phi) is 5.63. The van der Waals surface area contributed by atoms with Crippen molar-refractivity contribution in [3.63, 3.8) is 0 Å². The third-order valence-corrected chi connectivity index (χ3v) is 3.19. The highest BCUT2D eigenvalue weighted by Gasteiger charge is 2.20. The summed E-state index contributed by atoms with van der Waals surface area (Å²) in [5, 5.41) is 8.76. The Morgan fingerprint density at radius 3 is 3.11 bits per heavy atom. The molecule has 1 unspecified atom stereocenters. The monoisotopic (exact) mass is 266 g/mol. The minimum Gasteiger partial charge on any atom is -0.494 e. The fourth-order valence-corrected chi connectivity index (χ4v) is 2.34. The summed E-state index contributed by atoms with van der Waals surface area (Å²) in [6.07, 6.45) is 1.98. The van der Waals surface area contributed by atoms with Gasteiger partial charge in [0.05, 0.1) is 26.4 Å². The molecule has 0 amide bonds. The molecule has 2 rings (SSSR count). The van der Waals surface area contributed by atoms with Gasteiger partial charge in [-0.3, -0.25) is 0 Å². The summed E-state index contributed by atoms with van der Waals surface area (Å²) < 4.78 is 16.8. The number of benzene rings is 1. The highest BCUT2D eigenvalue weighted by molar-refractivity contribution is 5.37. The minimum atomic E-state index is -0.0419. The second kappa shape index (κ2) is 7.48. The molecule has 0 spiro atoms. The van der Waals surface area contributed by atoms with Gasteiger partial charge in [-0.25, -0.2) is 0 Å². The average molecular weight is 266 g/mol. The molecule has 1 aromatic rings. The van der Waals surface area contributed by atoms with Gasteiger partial charge in [0.2, 0.25) is 0 Å². The van der Waals surface area contributed by atoms with E-state index in [9.17, 15) is 0 Å². The normalized spacial score (nSPS) is 18.7. The van der Waals surface area contributed by atoms with Gasteiger partial charge in [0.25, 0.3) is 0 Å². The van der Waals surface area contributed by atoms with Crippen molar-refractivity contribution in [1.29, 1.82) is 0 Å². The second-order valence-electron chi connectivity index (χ2n) is 4.56. The Bertz CT molecular complexity index is 392. The number of hydrogen-bond acceptors (Lipinski definition) is 4. The van der Waals surface area contributed by atoms with Crippen molar-refractivity contribution in [2.75, 3.05) is 33.0 Å². The van der Waals surface area contributed by atoms with Crippen LogP contribution in [0.1, 0.15) is 30.6 Å². The lowest BCUT2D eigenvalue weighted by molar-refractivity contribution is -0.0229. The van der Waals surface area contributed by atoms with Crippen molar-refractivity contribution < 1.29 is 19.3 Å². The average Bonchev–Trinajstić information content (AvgIpc) is 2.62. The number of aliphatic hydroxyl groups is 1. The quantitative estimate of drug-likeness (QED) is 0.801. The molecule has 106 valence electrons. The second-order valence-corrected chi connectivity index (χ2v) is 4.56. The molecule has 0 bridgehead atoms. The van der Waals surface area contributed by atoms with E-state index in [1.165, 1.54) is 11.1 Å². The maximum Gasteiger partial charge on any atom is 0.119 e. The molecule has 1 aliphatic rings. The molecule has 1 heterocycles. The maximum absolute atomic E-state index is 8.76. The fourth-order valence-electron chi connectivity index (χ4n) is 2.34. The number of aliphatic hydroxyl groups excluding tert-OH is 1. The lowest BCUT2D eigenvalue weighted by Gasteiger charge is -2.18. The van der Waals surface area contributed by atoms with E-state index in [0.717, 1.165) is 25.2 Å². The molecule has 0 aliphatic carbocycles. The molecule has 0 aromatic heterocycles. The minimum absolute atomic E-state index is 0.0419. The Hall–Kier alpha value is -1.10. The van der Waals surface area contributed by atoms with Gasteiger partial charge in [-0.1, -0.05) is 6.07 Å². The van der Waals surface area contributed by atoms with Crippen LogP contribution in [0.5, 0.6) is 5.75 Å². The van der Waals surface area contributed by atoms with Gasteiger partial charge in [-0.15, -0.1) is 0 Å². The zero-order chi connectivity index (χ0) is 13.5. The van der Waals surface area contributed by atoms with Crippen LogP contribution in [-0.2, 0) is 15.9 Å². The van der Waals surface area contributed by atoms with Gasteiger partial charge < -0.3 is 19.3 Å². The Morgan fingerprint density at radius 1 is 1.42 bits per heavy atom. The van der Waals surface area contributed by atoms with Crippen LogP contribution < -0.4 is 4.74 Å². The van der Waals surface area contributed by atoms with Crippen LogP contribution in [0.15, 0.2) is 18.2 Å². The van der Waals surface area contributed by atoms with E-state index in [1.807, 2.05) is 13.0 Å². The molecular weight excluding hydrogens is 244 g/mol. The van der Waals surface area contributed by atoms with E-state index < -0.39 is 0 Å². The van der Waals surface area contributed by atoms with E-state index in [1.54, 1.807) is 0 Å². The summed E-state index contributed by atoms with van der Waals surface area (Å²) in [5.41, 5.74) is 2.46. The van der Waals surface area contributed by atoms with Crippen LogP contribution in [0, 0.1) is 0 Å². The molecule has 19 heavy (non-hydrogen) atoms. The summed E-state index contributed by atoms with van der Waals surface area (Å²) in [6, 6.07) is 6.15. The van der Waals surface area contributed by atoms with Crippen LogP contribution >= 0.6 is 0 Å². The van der Waals surface area contributed by atoms with Gasteiger partial charge in [0.15, 0.2) is 0 Å².